The lowest BCUT2D eigenvalue weighted by Crippen LogP contribution is -2.65. The van der Waals surface area contributed by atoms with E-state index in [1.807, 2.05) is 47.5 Å². The van der Waals surface area contributed by atoms with Crippen LogP contribution in [0.4, 0.5) is 11.4 Å². The van der Waals surface area contributed by atoms with Crippen LogP contribution < -0.4 is 21.7 Å². The Balaban J connectivity index is 1.60. The van der Waals surface area contributed by atoms with Crippen molar-refractivity contribution in [1.29, 1.82) is 0 Å². The first kappa shape index (κ1) is 18.6. The number of halogens is 2. The van der Waals surface area contributed by atoms with Crippen LogP contribution in [0, 0.1) is 0 Å². The lowest BCUT2D eigenvalue weighted by atomic mass is 9.79. The summed E-state index contributed by atoms with van der Waals surface area (Å²) in [5.74, 6) is 7.49. The third-order valence-corrected chi connectivity index (χ3v) is 5.87. The van der Waals surface area contributed by atoms with Crippen molar-refractivity contribution in [2.24, 2.45) is 10.8 Å². The smallest absolute Gasteiger partial charge is 0.144 e. The number of rotatable bonds is 3. The summed E-state index contributed by atoms with van der Waals surface area (Å²) in [7, 11) is 0. The SMILES string of the molecule is NN1c2cc(Cl)ccc2N=C(NNCc2cccc(Cl)c2)C12CCCCC2. The van der Waals surface area contributed by atoms with Crippen LogP contribution in [0.25, 0.3) is 0 Å². The molecule has 0 aromatic heterocycles. The third-order valence-electron chi connectivity index (χ3n) is 5.40. The van der Waals surface area contributed by atoms with E-state index in [4.69, 9.17) is 34.0 Å². The van der Waals surface area contributed by atoms with Crippen molar-refractivity contribution < 1.29 is 0 Å². The van der Waals surface area contributed by atoms with E-state index in [9.17, 15) is 0 Å². The fourth-order valence-electron chi connectivity index (χ4n) is 3.99. The molecule has 5 nitrogen and oxygen atoms in total. The maximum atomic E-state index is 6.63. The molecule has 1 aliphatic carbocycles. The molecule has 1 saturated carbocycles. The normalized spacial score (nSPS) is 18.2. The first-order valence-corrected chi connectivity index (χ1v) is 10.0. The van der Waals surface area contributed by atoms with E-state index in [2.05, 4.69) is 10.9 Å². The van der Waals surface area contributed by atoms with Gasteiger partial charge in [-0.05, 0) is 48.7 Å². The number of fused-ring (bicyclic) bond motifs is 1. The zero-order valence-electron chi connectivity index (χ0n) is 15.0. The van der Waals surface area contributed by atoms with Crippen molar-refractivity contribution in [2.45, 2.75) is 44.2 Å². The van der Waals surface area contributed by atoms with E-state index in [1.165, 1.54) is 6.42 Å². The second-order valence-corrected chi connectivity index (χ2v) is 8.04. The van der Waals surface area contributed by atoms with Gasteiger partial charge >= 0.3 is 0 Å². The lowest BCUT2D eigenvalue weighted by molar-refractivity contribution is 0.344. The number of aliphatic imine (C=N–C) groups is 1. The van der Waals surface area contributed by atoms with Crippen LogP contribution in [0.5, 0.6) is 0 Å². The molecule has 142 valence electrons. The van der Waals surface area contributed by atoms with Crippen molar-refractivity contribution in [3.8, 4) is 0 Å². The Labute approximate surface area is 169 Å². The average molecular weight is 404 g/mol. The number of nitrogens with zero attached hydrogens (tertiary/aromatic N) is 2. The van der Waals surface area contributed by atoms with Gasteiger partial charge in [-0.1, -0.05) is 54.6 Å². The molecule has 0 atom stereocenters. The second-order valence-electron chi connectivity index (χ2n) is 7.16. The van der Waals surface area contributed by atoms with Gasteiger partial charge in [0.2, 0.25) is 0 Å². The Kier molecular flexibility index (Phi) is 5.28. The maximum absolute atomic E-state index is 6.63. The van der Waals surface area contributed by atoms with Gasteiger partial charge in [0, 0.05) is 16.6 Å². The average Bonchev–Trinajstić information content (AvgIpc) is 2.67. The molecule has 1 spiro atoms. The summed E-state index contributed by atoms with van der Waals surface area (Å²) in [4.78, 5) is 4.90. The summed E-state index contributed by atoms with van der Waals surface area (Å²) < 4.78 is 0. The quantitative estimate of drug-likeness (QED) is 0.512. The van der Waals surface area contributed by atoms with Crippen LogP contribution >= 0.6 is 23.2 Å². The minimum Gasteiger partial charge on any atom is -0.307 e. The summed E-state index contributed by atoms with van der Waals surface area (Å²) in [6.45, 7) is 0.633. The minimum absolute atomic E-state index is 0.336. The van der Waals surface area contributed by atoms with Crippen LogP contribution in [0.1, 0.15) is 37.7 Å². The Hall–Kier alpha value is -1.79. The zero-order chi connectivity index (χ0) is 18.9. The van der Waals surface area contributed by atoms with Gasteiger partial charge < -0.3 is 5.43 Å². The highest BCUT2D eigenvalue weighted by Gasteiger charge is 2.45. The molecule has 1 heterocycles. The van der Waals surface area contributed by atoms with Crippen molar-refractivity contribution in [3.63, 3.8) is 0 Å². The molecule has 0 radical (unpaired) electrons. The number of benzene rings is 2. The summed E-state index contributed by atoms with van der Waals surface area (Å²) in [5.41, 5.74) is 9.09. The van der Waals surface area contributed by atoms with E-state index < -0.39 is 0 Å². The van der Waals surface area contributed by atoms with Gasteiger partial charge in [0.05, 0.1) is 11.4 Å². The fourth-order valence-corrected chi connectivity index (χ4v) is 4.37. The van der Waals surface area contributed by atoms with Crippen LogP contribution in [-0.2, 0) is 6.54 Å². The van der Waals surface area contributed by atoms with Crippen molar-refractivity contribution >= 4 is 40.4 Å². The summed E-state index contributed by atoms with van der Waals surface area (Å²) in [6.07, 6.45) is 5.39. The monoisotopic (exact) mass is 403 g/mol. The number of hydrogen-bond donors (Lipinski definition) is 3. The van der Waals surface area contributed by atoms with Gasteiger partial charge in [-0.3, -0.25) is 5.01 Å². The maximum Gasteiger partial charge on any atom is 0.144 e. The fraction of sp³-hybridized carbons (Fsp3) is 0.350. The largest absolute Gasteiger partial charge is 0.307 e. The number of hydrazine groups is 2. The summed E-state index contributed by atoms with van der Waals surface area (Å²) in [5, 5.41) is 3.26. The van der Waals surface area contributed by atoms with Gasteiger partial charge in [0.1, 0.15) is 11.4 Å². The third kappa shape index (κ3) is 3.65. The topological polar surface area (TPSA) is 65.7 Å². The Bertz CT molecular complexity index is 861. The van der Waals surface area contributed by atoms with Gasteiger partial charge in [-0.25, -0.2) is 16.3 Å². The van der Waals surface area contributed by atoms with Crippen LogP contribution in [0.3, 0.4) is 0 Å². The Morgan fingerprint density at radius 2 is 1.81 bits per heavy atom. The van der Waals surface area contributed by atoms with Gasteiger partial charge in [0.15, 0.2) is 0 Å². The van der Waals surface area contributed by atoms with Crippen LogP contribution in [0.15, 0.2) is 47.5 Å². The van der Waals surface area contributed by atoms with Gasteiger partial charge in [-0.2, -0.15) is 0 Å². The van der Waals surface area contributed by atoms with E-state index in [0.717, 1.165) is 53.5 Å². The van der Waals surface area contributed by atoms with Crippen molar-refractivity contribution in [1.82, 2.24) is 10.9 Å². The predicted molar refractivity (Wildman–Crippen MR) is 112 cm³/mol. The molecule has 2 aromatic rings. The van der Waals surface area contributed by atoms with Crippen molar-refractivity contribution in [2.75, 3.05) is 5.01 Å². The molecule has 1 fully saturated rings. The number of nitrogens with one attached hydrogen (secondary N) is 2. The number of anilines is 1. The molecule has 2 aromatic carbocycles. The highest BCUT2D eigenvalue weighted by atomic mass is 35.5. The standard InChI is InChI=1S/C20H23Cl2N5/c21-15-6-4-5-14(11-15)13-24-26-19-20(9-2-1-3-10-20)27(23)18-12-16(22)7-8-17(18)25-19/h4-8,11-12,24H,1-3,9-10,13,23H2,(H,25,26). The molecule has 4 rings (SSSR count). The Morgan fingerprint density at radius 3 is 2.59 bits per heavy atom. The van der Waals surface area contributed by atoms with E-state index in [1.54, 1.807) is 0 Å². The van der Waals surface area contributed by atoms with Crippen molar-refractivity contribution in [3.05, 3.63) is 58.1 Å². The van der Waals surface area contributed by atoms with E-state index in [-0.39, 0.29) is 5.54 Å². The molecular weight excluding hydrogens is 381 g/mol. The molecule has 2 aliphatic rings. The molecule has 4 N–H and O–H groups in total. The van der Waals surface area contributed by atoms with Crippen LogP contribution in [0.2, 0.25) is 10.0 Å². The zero-order valence-corrected chi connectivity index (χ0v) is 16.5. The molecule has 0 bridgehead atoms. The molecule has 0 unspecified atom stereocenters. The number of hydrogen-bond acceptors (Lipinski definition) is 5. The van der Waals surface area contributed by atoms with Crippen LogP contribution in [-0.4, -0.2) is 11.4 Å². The predicted octanol–water partition coefficient (Wildman–Crippen LogP) is 4.71. The molecule has 0 amide bonds. The first-order chi connectivity index (χ1) is 13.1. The molecule has 1 aliphatic heterocycles. The lowest BCUT2D eigenvalue weighted by Gasteiger charge is -2.48. The summed E-state index contributed by atoms with van der Waals surface area (Å²) >= 11 is 12.3. The van der Waals surface area contributed by atoms with Gasteiger partial charge in [0.25, 0.3) is 0 Å². The highest BCUT2D eigenvalue weighted by molar-refractivity contribution is 6.31. The Morgan fingerprint density at radius 1 is 1.04 bits per heavy atom. The molecule has 27 heavy (non-hydrogen) atoms. The molecular formula is C20H23Cl2N5. The first-order valence-electron chi connectivity index (χ1n) is 9.25. The highest BCUT2D eigenvalue weighted by Crippen LogP contribution is 2.44. The minimum atomic E-state index is -0.336. The van der Waals surface area contributed by atoms with Gasteiger partial charge in [-0.15, -0.1) is 0 Å². The summed E-state index contributed by atoms with van der Waals surface area (Å²) in [6, 6.07) is 13.4. The molecule has 0 saturated heterocycles. The van der Waals surface area contributed by atoms with E-state index in [0.29, 0.717) is 11.6 Å². The second kappa shape index (κ2) is 7.68. The van der Waals surface area contributed by atoms with E-state index >= 15 is 0 Å². The number of nitrogens with two attached hydrogens (primary N) is 1. The molecule has 7 heteroatoms. The number of amidine groups is 1.